The molecule has 176 valence electrons. The van der Waals surface area contributed by atoms with Crippen LogP contribution in [0.2, 0.25) is 0 Å². The second kappa shape index (κ2) is 8.53. The molecule has 6 rings (SSSR count). The van der Waals surface area contributed by atoms with Crippen LogP contribution in [0, 0.1) is 0 Å². The fourth-order valence-corrected chi connectivity index (χ4v) is 4.70. The van der Waals surface area contributed by atoms with E-state index < -0.39 is 0 Å². The lowest BCUT2D eigenvalue weighted by Gasteiger charge is -2.36. The number of carbonyl (C=O) groups is 1. The summed E-state index contributed by atoms with van der Waals surface area (Å²) in [5.41, 5.74) is 3.51. The van der Waals surface area contributed by atoms with Gasteiger partial charge in [-0.2, -0.15) is 0 Å². The Bertz CT molecular complexity index is 1230. The lowest BCUT2D eigenvalue weighted by atomic mass is 10.2. The van der Waals surface area contributed by atoms with Crippen molar-refractivity contribution in [1.82, 2.24) is 14.9 Å². The lowest BCUT2D eigenvalue weighted by molar-refractivity contribution is 0.106. The van der Waals surface area contributed by atoms with Crippen LogP contribution in [0.3, 0.4) is 0 Å². The van der Waals surface area contributed by atoms with Crippen molar-refractivity contribution in [3.8, 4) is 17.4 Å². The highest BCUT2D eigenvalue weighted by atomic mass is 16.7. The van der Waals surface area contributed by atoms with Crippen LogP contribution >= 0.6 is 0 Å². The van der Waals surface area contributed by atoms with Crippen molar-refractivity contribution in [2.75, 3.05) is 63.0 Å². The first-order valence-corrected chi connectivity index (χ1v) is 11.3. The van der Waals surface area contributed by atoms with E-state index in [1.54, 1.807) is 12.0 Å². The highest BCUT2D eigenvalue weighted by Gasteiger charge is 2.35. The number of cyclic esters (lactones) is 1. The van der Waals surface area contributed by atoms with Crippen molar-refractivity contribution < 1.29 is 23.7 Å². The van der Waals surface area contributed by atoms with Gasteiger partial charge < -0.3 is 23.8 Å². The Hall–Kier alpha value is -3.79. The van der Waals surface area contributed by atoms with E-state index in [2.05, 4.69) is 19.8 Å². The predicted molar refractivity (Wildman–Crippen MR) is 125 cm³/mol. The highest BCUT2D eigenvalue weighted by Crippen LogP contribution is 2.36. The molecular formula is C24H25N5O5. The molecule has 0 radical (unpaired) electrons. The van der Waals surface area contributed by atoms with Crippen LogP contribution in [0.15, 0.2) is 42.6 Å². The number of nitrogens with zero attached hydrogens (tertiary/aromatic N) is 5. The topological polar surface area (TPSA) is 89.5 Å². The van der Waals surface area contributed by atoms with Gasteiger partial charge in [-0.05, 0) is 24.3 Å². The monoisotopic (exact) mass is 463 g/mol. The first-order valence-electron chi connectivity index (χ1n) is 11.3. The molecule has 2 fully saturated rings. The van der Waals surface area contributed by atoms with Gasteiger partial charge in [0.05, 0.1) is 30.5 Å². The molecule has 2 saturated heterocycles. The normalized spacial score (nSPS) is 20.1. The first-order chi connectivity index (χ1) is 16.7. The third-order valence-electron chi connectivity index (χ3n) is 6.46. The molecule has 5 heterocycles. The van der Waals surface area contributed by atoms with Crippen molar-refractivity contribution in [3.05, 3.63) is 42.6 Å². The molecule has 1 atom stereocenters. The number of rotatable bonds is 5. The Labute approximate surface area is 196 Å². The summed E-state index contributed by atoms with van der Waals surface area (Å²) in [5, 5.41) is 0. The minimum Gasteiger partial charge on any atom is -0.481 e. The van der Waals surface area contributed by atoms with Crippen LogP contribution in [-0.2, 0) is 4.74 Å². The standard InChI is InChI=1S/C24H25N5O5/c1-31-22-5-3-18-23(26-22)19(6-7-25-18)28-10-8-27(9-11-28)13-17-14-29(24(30)34-17)16-2-4-20-21(12-16)33-15-32-20/h2-7,12,17H,8-11,13-15H2,1H3/t17-/m1/s1. The average molecular weight is 463 g/mol. The summed E-state index contributed by atoms with van der Waals surface area (Å²) >= 11 is 0. The molecule has 2 aromatic heterocycles. The average Bonchev–Trinajstić information content (AvgIpc) is 3.49. The number of aromatic nitrogens is 2. The van der Waals surface area contributed by atoms with Gasteiger partial charge in [0, 0.05) is 51.1 Å². The van der Waals surface area contributed by atoms with Crippen LogP contribution in [0.5, 0.6) is 17.4 Å². The Kier molecular flexibility index (Phi) is 5.21. The van der Waals surface area contributed by atoms with Crippen LogP contribution < -0.4 is 24.0 Å². The lowest BCUT2D eigenvalue weighted by Crippen LogP contribution is -2.49. The molecule has 0 N–H and O–H groups in total. The summed E-state index contributed by atoms with van der Waals surface area (Å²) in [6.07, 6.45) is 1.31. The Morgan fingerprint density at radius 2 is 1.91 bits per heavy atom. The molecule has 0 unspecified atom stereocenters. The van der Waals surface area contributed by atoms with E-state index in [0.29, 0.717) is 30.5 Å². The van der Waals surface area contributed by atoms with Crippen LogP contribution in [0.4, 0.5) is 16.2 Å². The Morgan fingerprint density at radius 3 is 2.76 bits per heavy atom. The second-order valence-corrected chi connectivity index (χ2v) is 8.49. The summed E-state index contributed by atoms with van der Waals surface area (Å²) in [7, 11) is 1.62. The minimum absolute atomic E-state index is 0.183. The number of carbonyl (C=O) groups excluding carboxylic acids is 1. The third kappa shape index (κ3) is 3.79. The number of amides is 1. The molecule has 0 bridgehead atoms. The van der Waals surface area contributed by atoms with Crippen LogP contribution in [0.25, 0.3) is 11.0 Å². The van der Waals surface area contributed by atoms with Crippen molar-refractivity contribution in [2.24, 2.45) is 0 Å². The van der Waals surface area contributed by atoms with Gasteiger partial charge in [-0.3, -0.25) is 14.8 Å². The number of benzene rings is 1. The van der Waals surface area contributed by atoms with E-state index in [0.717, 1.165) is 48.6 Å². The summed E-state index contributed by atoms with van der Waals surface area (Å²) in [4.78, 5) is 27.9. The number of hydrogen-bond donors (Lipinski definition) is 0. The molecule has 3 aromatic rings. The van der Waals surface area contributed by atoms with Crippen LogP contribution in [-0.4, -0.2) is 80.2 Å². The number of fused-ring (bicyclic) bond motifs is 2. The van der Waals surface area contributed by atoms with Gasteiger partial charge >= 0.3 is 6.09 Å². The number of pyridine rings is 2. The SMILES string of the molecule is COc1ccc2nccc(N3CCN(C[C@@H]4CN(c5ccc6c(c5)OCO6)C(=O)O4)CC3)c2n1. The molecule has 1 amide bonds. The highest BCUT2D eigenvalue weighted by molar-refractivity contribution is 5.90. The fourth-order valence-electron chi connectivity index (χ4n) is 4.70. The number of anilines is 2. The first kappa shape index (κ1) is 20.8. The van der Waals surface area contributed by atoms with Gasteiger partial charge in [-0.1, -0.05) is 0 Å². The second-order valence-electron chi connectivity index (χ2n) is 8.49. The van der Waals surface area contributed by atoms with Gasteiger partial charge in [-0.25, -0.2) is 9.78 Å². The maximum absolute atomic E-state index is 12.5. The van der Waals surface area contributed by atoms with E-state index in [9.17, 15) is 4.79 Å². The van der Waals surface area contributed by atoms with Crippen molar-refractivity contribution in [3.63, 3.8) is 0 Å². The fraction of sp³-hybridized carbons (Fsp3) is 0.375. The van der Waals surface area contributed by atoms with Gasteiger partial charge in [-0.15, -0.1) is 0 Å². The van der Waals surface area contributed by atoms with E-state index in [4.69, 9.17) is 18.9 Å². The maximum atomic E-state index is 12.5. The third-order valence-corrected chi connectivity index (χ3v) is 6.46. The van der Waals surface area contributed by atoms with E-state index in [-0.39, 0.29) is 19.0 Å². The Balaban J connectivity index is 1.09. The largest absolute Gasteiger partial charge is 0.481 e. The van der Waals surface area contributed by atoms with Gasteiger partial charge in [0.25, 0.3) is 0 Å². The summed E-state index contributed by atoms with van der Waals surface area (Å²) in [6.45, 7) is 4.85. The predicted octanol–water partition coefficient (Wildman–Crippen LogP) is 2.51. The molecule has 10 nitrogen and oxygen atoms in total. The van der Waals surface area contributed by atoms with Crippen molar-refractivity contribution >= 4 is 28.5 Å². The molecule has 3 aliphatic rings. The van der Waals surface area contributed by atoms with Crippen molar-refractivity contribution in [2.45, 2.75) is 6.10 Å². The van der Waals surface area contributed by atoms with Gasteiger partial charge in [0.1, 0.15) is 11.6 Å². The minimum atomic E-state index is -0.328. The molecule has 0 saturated carbocycles. The van der Waals surface area contributed by atoms with E-state index >= 15 is 0 Å². The summed E-state index contributed by atoms with van der Waals surface area (Å²) in [5.74, 6) is 1.93. The molecule has 34 heavy (non-hydrogen) atoms. The maximum Gasteiger partial charge on any atom is 0.414 e. The summed E-state index contributed by atoms with van der Waals surface area (Å²) in [6, 6.07) is 11.3. The van der Waals surface area contributed by atoms with Crippen molar-refractivity contribution in [1.29, 1.82) is 0 Å². The summed E-state index contributed by atoms with van der Waals surface area (Å²) < 4.78 is 21.8. The molecular weight excluding hydrogens is 438 g/mol. The van der Waals surface area contributed by atoms with Gasteiger partial charge in [0.2, 0.25) is 12.7 Å². The number of methoxy groups -OCH3 is 1. The molecule has 0 spiro atoms. The zero-order valence-corrected chi connectivity index (χ0v) is 18.8. The molecule has 3 aliphatic heterocycles. The zero-order chi connectivity index (χ0) is 23.1. The van der Waals surface area contributed by atoms with E-state index in [1.807, 2.05) is 42.6 Å². The quantitative estimate of drug-likeness (QED) is 0.566. The Morgan fingerprint density at radius 1 is 1.06 bits per heavy atom. The molecule has 10 heteroatoms. The zero-order valence-electron chi connectivity index (χ0n) is 18.8. The van der Waals surface area contributed by atoms with Gasteiger partial charge in [0.15, 0.2) is 11.5 Å². The number of ether oxygens (including phenoxy) is 4. The van der Waals surface area contributed by atoms with Crippen LogP contribution in [0.1, 0.15) is 0 Å². The molecule has 0 aliphatic carbocycles. The molecule has 1 aromatic carbocycles. The number of hydrogen-bond acceptors (Lipinski definition) is 9. The smallest absolute Gasteiger partial charge is 0.414 e. The number of piperazine rings is 1. The van der Waals surface area contributed by atoms with E-state index in [1.165, 1.54) is 0 Å².